The van der Waals surface area contributed by atoms with Gasteiger partial charge in [0.1, 0.15) is 11.2 Å². The van der Waals surface area contributed by atoms with E-state index in [1.807, 2.05) is 12.1 Å². The standard InChI is InChI=1S/C34H23NO/c1-3-13-24(14-4-1)26-17-9-11-21-31(26)35(25-15-5-2-6-16-25)32-23-30-28-19-10-12-22-33(28)36-34(30)29-20-8-7-18-27(29)32/h1-23H. The van der Waals surface area contributed by atoms with Crippen molar-refractivity contribution in [2.75, 3.05) is 4.90 Å². The van der Waals surface area contributed by atoms with Crippen LogP contribution in [0.4, 0.5) is 17.1 Å². The molecule has 0 amide bonds. The second kappa shape index (κ2) is 8.44. The molecule has 1 aromatic heterocycles. The van der Waals surface area contributed by atoms with Crippen LogP contribution in [0.25, 0.3) is 43.8 Å². The van der Waals surface area contributed by atoms with E-state index in [4.69, 9.17) is 4.42 Å². The summed E-state index contributed by atoms with van der Waals surface area (Å²) in [6.07, 6.45) is 0. The number of fused-ring (bicyclic) bond motifs is 5. The molecule has 0 aliphatic rings. The SMILES string of the molecule is c1ccc(-c2ccccc2N(c2ccccc2)c2cc3c4ccccc4oc3c3ccccc23)cc1. The van der Waals surface area contributed by atoms with Crippen LogP contribution in [-0.2, 0) is 0 Å². The monoisotopic (exact) mass is 461 g/mol. The van der Waals surface area contributed by atoms with E-state index in [2.05, 4.69) is 132 Å². The summed E-state index contributed by atoms with van der Waals surface area (Å²) >= 11 is 0. The van der Waals surface area contributed by atoms with Crippen LogP contribution >= 0.6 is 0 Å². The highest BCUT2D eigenvalue weighted by molar-refractivity contribution is 6.19. The van der Waals surface area contributed by atoms with Gasteiger partial charge < -0.3 is 9.32 Å². The molecule has 7 rings (SSSR count). The summed E-state index contributed by atoms with van der Waals surface area (Å²) in [6.45, 7) is 0. The lowest BCUT2D eigenvalue weighted by molar-refractivity contribution is 0.672. The number of nitrogens with zero attached hydrogens (tertiary/aromatic N) is 1. The van der Waals surface area contributed by atoms with Gasteiger partial charge in [-0.1, -0.05) is 109 Å². The molecule has 0 radical (unpaired) electrons. The zero-order chi connectivity index (χ0) is 23.9. The van der Waals surface area contributed by atoms with E-state index >= 15 is 0 Å². The van der Waals surface area contributed by atoms with Crippen LogP contribution in [0, 0.1) is 0 Å². The summed E-state index contributed by atoms with van der Waals surface area (Å²) in [5.41, 5.74) is 7.58. The van der Waals surface area contributed by atoms with Crippen molar-refractivity contribution in [1.82, 2.24) is 0 Å². The molecule has 170 valence electrons. The maximum atomic E-state index is 6.39. The van der Waals surface area contributed by atoms with Crippen LogP contribution in [0.5, 0.6) is 0 Å². The first-order valence-electron chi connectivity index (χ1n) is 12.2. The van der Waals surface area contributed by atoms with Crippen LogP contribution < -0.4 is 4.90 Å². The van der Waals surface area contributed by atoms with E-state index in [1.54, 1.807) is 0 Å². The normalized spacial score (nSPS) is 11.3. The van der Waals surface area contributed by atoms with Gasteiger partial charge in [0.25, 0.3) is 0 Å². The Morgan fingerprint density at radius 1 is 0.444 bits per heavy atom. The predicted molar refractivity (Wildman–Crippen MR) is 151 cm³/mol. The molecular formula is C34H23NO. The maximum absolute atomic E-state index is 6.39. The lowest BCUT2D eigenvalue weighted by Crippen LogP contribution is -2.11. The summed E-state index contributed by atoms with van der Waals surface area (Å²) in [5, 5.41) is 4.51. The molecule has 6 aromatic carbocycles. The molecule has 0 saturated carbocycles. The molecule has 0 aliphatic carbocycles. The third-order valence-corrected chi connectivity index (χ3v) is 6.85. The third kappa shape index (κ3) is 3.27. The summed E-state index contributed by atoms with van der Waals surface area (Å²) in [5.74, 6) is 0. The van der Waals surface area contributed by atoms with Gasteiger partial charge in [0.2, 0.25) is 0 Å². The fourth-order valence-electron chi connectivity index (χ4n) is 5.23. The van der Waals surface area contributed by atoms with Crippen molar-refractivity contribution in [3.63, 3.8) is 0 Å². The number of para-hydroxylation sites is 3. The minimum absolute atomic E-state index is 0.908. The highest BCUT2D eigenvalue weighted by atomic mass is 16.3. The highest BCUT2D eigenvalue weighted by Crippen LogP contribution is 2.46. The zero-order valence-corrected chi connectivity index (χ0v) is 19.6. The average Bonchev–Trinajstić information content (AvgIpc) is 3.34. The van der Waals surface area contributed by atoms with E-state index in [1.165, 1.54) is 11.1 Å². The van der Waals surface area contributed by atoms with Crippen molar-refractivity contribution in [3.05, 3.63) is 140 Å². The minimum atomic E-state index is 0.908. The first kappa shape index (κ1) is 20.5. The summed E-state index contributed by atoms with van der Waals surface area (Å²) < 4.78 is 6.39. The van der Waals surface area contributed by atoms with Crippen LogP contribution in [0.15, 0.2) is 144 Å². The number of hydrogen-bond acceptors (Lipinski definition) is 2. The van der Waals surface area contributed by atoms with Gasteiger partial charge in [-0.2, -0.15) is 0 Å². The van der Waals surface area contributed by atoms with Crippen LogP contribution in [0.2, 0.25) is 0 Å². The summed E-state index contributed by atoms with van der Waals surface area (Å²) in [7, 11) is 0. The quantitative estimate of drug-likeness (QED) is 0.259. The maximum Gasteiger partial charge on any atom is 0.143 e. The number of anilines is 3. The first-order chi connectivity index (χ1) is 17.9. The Kier molecular flexibility index (Phi) is 4.82. The van der Waals surface area contributed by atoms with Gasteiger partial charge in [-0.15, -0.1) is 0 Å². The Morgan fingerprint density at radius 3 is 1.86 bits per heavy atom. The van der Waals surface area contributed by atoms with Crippen molar-refractivity contribution in [1.29, 1.82) is 0 Å². The lowest BCUT2D eigenvalue weighted by Gasteiger charge is -2.29. The van der Waals surface area contributed by atoms with Gasteiger partial charge in [-0.05, 0) is 35.9 Å². The molecule has 36 heavy (non-hydrogen) atoms. The third-order valence-electron chi connectivity index (χ3n) is 6.85. The number of benzene rings is 6. The molecule has 1 heterocycles. The smallest absolute Gasteiger partial charge is 0.143 e. The molecule has 0 bridgehead atoms. The second-order valence-corrected chi connectivity index (χ2v) is 8.97. The van der Waals surface area contributed by atoms with Gasteiger partial charge in [-0.3, -0.25) is 0 Å². The highest BCUT2D eigenvalue weighted by Gasteiger charge is 2.21. The number of furan rings is 1. The lowest BCUT2D eigenvalue weighted by atomic mass is 9.99. The van der Waals surface area contributed by atoms with E-state index in [0.717, 1.165) is 49.8 Å². The topological polar surface area (TPSA) is 16.4 Å². The largest absolute Gasteiger partial charge is 0.455 e. The van der Waals surface area contributed by atoms with E-state index in [-0.39, 0.29) is 0 Å². The Labute approximate surface area is 209 Å². The first-order valence-corrected chi connectivity index (χ1v) is 12.2. The van der Waals surface area contributed by atoms with Gasteiger partial charge in [0.05, 0.1) is 11.4 Å². The van der Waals surface area contributed by atoms with Crippen molar-refractivity contribution < 1.29 is 4.42 Å². The second-order valence-electron chi connectivity index (χ2n) is 8.97. The molecular weight excluding hydrogens is 438 g/mol. The zero-order valence-electron chi connectivity index (χ0n) is 19.6. The molecule has 0 unspecified atom stereocenters. The van der Waals surface area contributed by atoms with Crippen LogP contribution in [0.3, 0.4) is 0 Å². The molecule has 0 saturated heterocycles. The van der Waals surface area contributed by atoms with Crippen molar-refractivity contribution in [3.8, 4) is 11.1 Å². The van der Waals surface area contributed by atoms with Crippen molar-refractivity contribution in [2.45, 2.75) is 0 Å². The Balaban J connectivity index is 1.60. The van der Waals surface area contributed by atoms with Gasteiger partial charge >= 0.3 is 0 Å². The van der Waals surface area contributed by atoms with Gasteiger partial charge in [0.15, 0.2) is 0 Å². The van der Waals surface area contributed by atoms with Crippen LogP contribution in [0.1, 0.15) is 0 Å². The van der Waals surface area contributed by atoms with Crippen LogP contribution in [-0.4, -0.2) is 0 Å². The molecule has 0 atom stereocenters. The Bertz CT molecular complexity index is 1830. The van der Waals surface area contributed by atoms with Crippen molar-refractivity contribution >= 4 is 49.8 Å². The molecule has 0 fully saturated rings. The summed E-state index contributed by atoms with van der Waals surface area (Å²) in [6, 6.07) is 49.0. The minimum Gasteiger partial charge on any atom is -0.455 e. The molecule has 2 nitrogen and oxygen atoms in total. The van der Waals surface area contributed by atoms with E-state index in [9.17, 15) is 0 Å². The molecule has 0 spiro atoms. The summed E-state index contributed by atoms with van der Waals surface area (Å²) in [4.78, 5) is 2.38. The molecule has 2 heteroatoms. The van der Waals surface area contributed by atoms with Gasteiger partial charge in [0, 0.05) is 32.8 Å². The fraction of sp³-hybridized carbons (Fsp3) is 0. The Morgan fingerprint density at radius 2 is 1.06 bits per heavy atom. The fourth-order valence-corrected chi connectivity index (χ4v) is 5.23. The number of rotatable bonds is 4. The predicted octanol–water partition coefficient (Wildman–Crippen LogP) is 9.88. The van der Waals surface area contributed by atoms with E-state index in [0.29, 0.717) is 0 Å². The van der Waals surface area contributed by atoms with E-state index < -0.39 is 0 Å². The number of hydrogen-bond donors (Lipinski definition) is 0. The molecule has 0 N–H and O–H groups in total. The molecule has 7 aromatic rings. The van der Waals surface area contributed by atoms with Gasteiger partial charge in [-0.25, -0.2) is 0 Å². The average molecular weight is 462 g/mol. The molecule has 0 aliphatic heterocycles. The Hall–Kier alpha value is -4.82. The van der Waals surface area contributed by atoms with Crippen molar-refractivity contribution in [2.24, 2.45) is 0 Å².